The Morgan fingerprint density at radius 2 is 2.50 bits per heavy atom. The molecular formula is C9H12FNS. The third-order valence-electron chi connectivity index (χ3n) is 2.37. The number of alkyl halides is 1. The molecule has 2 heterocycles. The molecule has 66 valence electrons. The van der Waals surface area contributed by atoms with Gasteiger partial charge < -0.3 is 5.32 Å². The van der Waals surface area contributed by atoms with E-state index in [1.54, 1.807) is 0 Å². The molecule has 2 rings (SSSR count). The average Bonchev–Trinajstić information content (AvgIpc) is 2.59. The molecule has 1 nitrogen and oxygen atoms in total. The first-order chi connectivity index (χ1) is 5.72. The zero-order valence-electron chi connectivity index (χ0n) is 7.06. The lowest BCUT2D eigenvalue weighted by molar-refractivity contribution is 0.198. The molecule has 0 radical (unpaired) electrons. The minimum Gasteiger partial charge on any atom is -0.313 e. The summed E-state index contributed by atoms with van der Waals surface area (Å²) in [6.45, 7) is 3.26. The molecule has 0 bridgehead atoms. The molecule has 1 N–H and O–H groups in total. The Kier molecular flexibility index (Phi) is 1.93. The van der Waals surface area contributed by atoms with Crippen molar-refractivity contribution in [1.82, 2.24) is 5.32 Å². The lowest BCUT2D eigenvalue weighted by atomic mass is 10.0. The Hall–Kier alpha value is -0.410. The van der Waals surface area contributed by atoms with Crippen LogP contribution in [-0.2, 0) is 5.67 Å². The van der Waals surface area contributed by atoms with E-state index in [9.17, 15) is 4.39 Å². The molecule has 1 aliphatic rings. The number of hydrogen-bond donors (Lipinski definition) is 1. The zero-order chi connectivity index (χ0) is 8.60. The van der Waals surface area contributed by atoms with Gasteiger partial charge in [0.25, 0.3) is 0 Å². The number of thiophene rings is 1. The summed E-state index contributed by atoms with van der Waals surface area (Å²) in [6.07, 6.45) is 0.619. The molecule has 0 aromatic carbocycles. The van der Waals surface area contributed by atoms with Gasteiger partial charge in [-0.1, -0.05) is 0 Å². The van der Waals surface area contributed by atoms with Crippen molar-refractivity contribution >= 4 is 11.3 Å². The van der Waals surface area contributed by atoms with E-state index in [1.807, 2.05) is 18.4 Å². The Morgan fingerprint density at radius 1 is 1.67 bits per heavy atom. The molecule has 1 unspecified atom stereocenters. The largest absolute Gasteiger partial charge is 0.313 e. The number of hydrogen-bond acceptors (Lipinski definition) is 2. The molecule has 1 aromatic rings. The Balaban J connectivity index is 2.34. The lowest BCUT2D eigenvalue weighted by Crippen LogP contribution is -2.22. The van der Waals surface area contributed by atoms with Crippen LogP contribution in [0.4, 0.5) is 4.39 Å². The summed E-state index contributed by atoms with van der Waals surface area (Å²) in [5.41, 5.74) is 0.00400. The van der Waals surface area contributed by atoms with Gasteiger partial charge >= 0.3 is 0 Å². The standard InChI is InChI=1S/C9H12FNS/c1-7-2-5-12-8(7)9(10)3-4-11-6-9/h2,5,11H,3-4,6H2,1H3. The van der Waals surface area contributed by atoms with Crippen LogP contribution in [0.15, 0.2) is 11.4 Å². The van der Waals surface area contributed by atoms with Gasteiger partial charge in [-0.15, -0.1) is 11.3 Å². The lowest BCUT2D eigenvalue weighted by Gasteiger charge is -2.17. The molecule has 1 aliphatic heterocycles. The van der Waals surface area contributed by atoms with Gasteiger partial charge in [-0.2, -0.15) is 0 Å². The van der Waals surface area contributed by atoms with Gasteiger partial charge in [-0.25, -0.2) is 4.39 Å². The summed E-state index contributed by atoms with van der Waals surface area (Å²) in [5.74, 6) is 0. The minimum atomic E-state index is -1.09. The maximum Gasteiger partial charge on any atom is 0.158 e. The molecular weight excluding hydrogens is 173 g/mol. The van der Waals surface area contributed by atoms with Crippen LogP contribution in [-0.4, -0.2) is 13.1 Å². The predicted molar refractivity (Wildman–Crippen MR) is 49.3 cm³/mol. The van der Waals surface area contributed by atoms with E-state index in [2.05, 4.69) is 5.32 Å². The third kappa shape index (κ3) is 1.17. The first-order valence-corrected chi connectivity index (χ1v) is 5.04. The fraction of sp³-hybridized carbons (Fsp3) is 0.556. The van der Waals surface area contributed by atoms with Crippen molar-refractivity contribution in [3.63, 3.8) is 0 Å². The quantitative estimate of drug-likeness (QED) is 0.707. The number of nitrogens with one attached hydrogen (secondary N) is 1. The maximum absolute atomic E-state index is 14.1. The number of halogens is 1. The SMILES string of the molecule is Cc1ccsc1C1(F)CCNC1. The molecule has 3 heteroatoms. The van der Waals surface area contributed by atoms with Crippen LogP contribution in [0.2, 0.25) is 0 Å². The van der Waals surface area contributed by atoms with Crippen LogP contribution in [0.5, 0.6) is 0 Å². The predicted octanol–water partition coefficient (Wildman–Crippen LogP) is 2.21. The Bertz CT molecular complexity index is 276. The molecule has 1 aromatic heterocycles. The van der Waals surface area contributed by atoms with Crippen LogP contribution >= 0.6 is 11.3 Å². The van der Waals surface area contributed by atoms with Gasteiger partial charge in [0.2, 0.25) is 0 Å². The highest BCUT2D eigenvalue weighted by Crippen LogP contribution is 2.37. The van der Waals surface area contributed by atoms with Crippen molar-refractivity contribution in [3.8, 4) is 0 Å². The van der Waals surface area contributed by atoms with Gasteiger partial charge in [0.1, 0.15) is 0 Å². The van der Waals surface area contributed by atoms with Crippen LogP contribution in [0.3, 0.4) is 0 Å². The Labute approximate surface area is 75.6 Å². The maximum atomic E-state index is 14.1. The number of aryl methyl sites for hydroxylation is 1. The smallest absolute Gasteiger partial charge is 0.158 e. The first kappa shape index (κ1) is 8.20. The molecule has 12 heavy (non-hydrogen) atoms. The van der Waals surface area contributed by atoms with Gasteiger partial charge in [-0.3, -0.25) is 0 Å². The summed E-state index contributed by atoms with van der Waals surface area (Å²) < 4.78 is 14.1. The van der Waals surface area contributed by atoms with Crippen molar-refractivity contribution in [2.45, 2.75) is 19.0 Å². The fourth-order valence-electron chi connectivity index (χ4n) is 1.69. The van der Waals surface area contributed by atoms with E-state index < -0.39 is 5.67 Å². The summed E-state index contributed by atoms with van der Waals surface area (Å²) >= 11 is 1.53. The summed E-state index contributed by atoms with van der Waals surface area (Å²) in [5, 5.41) is 5.02. The van der Waals surface area contributed by atoms with Gasteiger partial charge in [0.05, 0.1) is 0 Å². The van der Waals surface area contributed by atoms with E-state index in [4.69, 9.17) is 0 Å². The van der Waals surface area contributed by atoms with E-state index in [0.717, 1.165) is 17.0 Å². The summed E-state index contributed by atoms with van der Waals surface area (Å²) in [7, 11) is 0. The van der Waals surface area contributed by atoms with Crippen LogP contribution < -0.4 is 5.32 Å². The second kappa shape index (κ2) is 2.82. The molecule has 0 spiro atoms. The number of rotatable bonds is 1. The van der Waals surface area contributed by atoms with Gasteiger partial charge in [0, 0.05) is 17.8 Å². The molecule has 0 aliphatic carbocycles. The van der Waals surface area contributed by atoms with Gasteiger partial charge in [-0.05, 0) is 30.5 Å². The summed E-state index contributed by atoms with van der Waals surface area (Å²) in [4.78, 5) is 0.910. The van der Waals surface area contributed by atoms with Gasteiger partial charge in [0.15, 0.2) is 5.67 Å². The van der Waals surface area contributed by atoms with Crippen LogP contribution in [0, 0.1) is 6.92 Å². The fourth-order valence-corrected chi connectivity index (χ4v) is 2.73. The monoisotopic (exact) mass is 185 g/mol. The van der Waals surface area contributed by atoms with E-state index in [0.29, 0.717) is 13.0 Å². The normalized spacial score (nSPS) is 29.5. The molecule has 0 saturated carbocycles. The van der Waals surface area contributed by atoms with Crippen molar-refractivity contribution in [2.75, 3.05) is 13.1 Å². The third-order valence-corrected chi connectivity index (χ3v) is 3.57. The molecule has 1 atom stereocenters. The summed E-state index contributed by atoms with van der Waals surface area (Å²) in [6, 6.07) is 1.99. The average molecular weight is 185 g/mol. The minimum absolute atomic E-state index is 0.481. The van der Waals surface area contributed by atoms with Crippen molar-refractivity contribution in [1.29, 1.82) is 0 Å². The topological polar surface area (TPSA) is 12.0 Å². The van der Waals surface area contributed by atoms with Crippen molar-refractivity contribution in [2.24, 2.45) is 0 Å². The zero-order valence-corrected chi connectivity index (χ0v) is 7.88. The Morgan fingerprint density at radius 3 is 3.00 bits per heavy atom. The highest BCUT2D eigenvalue weighted by molar-refractivity contribution is 7.10. The molecule has 1 saturated heterocycles. The van der Waals surface area contributed by atoms with E-state index >= 15 is 0 Å². The second-order valence-electron chi connectivity index (χ2n) is 3.32. The highest BCUT2D eigenvalue weighted by atomic mass is 32.1. The van der Waals surface area contributed by atoms with E-state index in [-0.39, 0.29) is 0 Å². The molecule has 0 amide bonds. The second-order valence-corrected chi connectivity index (χ2v) is 4.24. The molecule has 1 fully saturated rings. The van der Waals surface area contributed by atoms with Crippen LogP contribution in [0.1, 0.15) is 16.9 Å². The van der Waals surface area contributed by atoms with Crippen molar-refractivity contribution in [3.05, 3.63) is 21.9 Å². The first-order valence-electron chi connectivity index (χ1n) is 4.17. The van der Waals surface area contributed by atoms with E-state index in [1.165, 1.54) is 11.3 Å². The highest BCUT2D eigenvalue weighted by Gasteiger charge is 2.37. The van der Waals surface area contributed by atoms with Crippen molar-refractivity contribution < 1.29 is 4.39 Å². The van der Waals surface area contributed by atoms with Crippen LogP contribution in [0.25, 0.3) is 0 Å².